The first kappa shape index (κ1) is 22.6. The van der Waals surface area contributed by atoms with E-state index >= 15 is 0 Å². The molecule has 0 aliphatic carbocycles. The molecule has 0 saturated heterocycles. The Hall–Kier alpha value is -2.65. The van der Waals surface area contributed by atoms with Crippen molar-refractivity contribution in [1.29, 1.82) is 0 Å². The lowest BCUT2D eigenvalue weighted by Gasteiger charge is -2.22. The third kappa shape index (κ3) is 5.91. The van der Waals surface area contributed by atoms with Crippen molar-refractivity contribution in [3.05, 3.63) is 58.4 Å². The van der Waals surface area contributed by atoms with Crippen LogP contribution in [0.1, 0.15) is 22.8 Å². The van der Waals surface area contributed by atoms with Crippen LogP contribution in [0.4, 0.5) is 15.8 Å². The summed E-state index contributed by atoms with van der Waals surface area (Å²) in [5.74, 6) is -1.90. The van der Waals surface area contributed by atoms with Gasteiger partial charge in [-0.15, -0.1) is 0 Å². The van der Waals surface area contributed by atoms with Gasteiger partial charge in [0.2, 0.25) is 15.9 Å². The van der Waals surface area contributed by atoms with Gasteiger partial charge in [-0.3, -0.25) is 9.10 Å². The molecule has 1 amide bonds. The van der Waals surface area contributed by atoms with E-state index < -0.39 is 34.3 Å². The Balaban J connectivity index is 2.26. The first-order valence-corrected chi connectivity index (χ1v) is 10.8. The molecule has 1 N–H and O–H groups in total. The van der Waals surface area contributed by atoms with Gasteiger partial charge in [0.1, 0.15) is 12.4 Å². The lowest BCUT2D eigenvalue weighted by Crippen LogP contribution is -2.37. The summed E-state index contributed by atoms with van der Waals surface area (Å²) < 4.78 is 43.4. The van der Waals surface area contributed by atoms with Gasteiger partial charge in [0, 0.05) is 5.69 Å². The van der Waals surface area contributed by atoms with Crippen molar-refractivity contribution in [2.75, 3.05) is 29.0 Å². The van der Waals surface area contributed by atoms with E-state index in [-0.39, 0.29) is 22.9 Å². The highest BCUT2D eigenvalue weighted by molar-refractivity contribution is 7.92. The van der Waals surface area contributed by atoms with E-state index in [4.69, 9.17) is 16.3 Å². The SMILES string of the molecule is CCOC(=O)c1ccc(C)c(NC(=O)CN(c2ccc(F)c(Cl)c2)S(C)(=O)=O)c1. The lowest BCUT2D eigenvalue weighted by atomic mass is 10.1. The Morgan fingerprint density at radius 3 is 2.48 bits per heavy atom. The number of esters is 1. The number of anilines is 2. The minimum absolute atomic E-state index is 0.0473. The molecule has 0 aliphatic rings. The maximum Gasteiger partial charge on any atom is 0.338 e. The van der Waals surface area contributed by atoms with E-state index in [9.17, 15) is 22.4 Å². The normalized spacial score (nSPS) is 11.1. The zero-order valence-corrected chi connectivity index (χ0v) is 17.6. The number of carbonyl (C=O) groups excluding carboxylic acids is 2. The first-order chi connectivity index (χ1) is 13.5. The summed E-state index contributed by atoms with van der Waals surface area (Å²) in [6, 6.07) is 7.99. The lowest BCUT2D eigenvalue weighted by molar-refractivity contribution is -0.114. The van der Waals surface area contributed by atoms with Crippen LogP contribution in [0.25, 0.3) is 0 Å². The molecular formula is C19H20ClFN2O5S. The van der Waals surface area contributed by atoms with Crippen LogP contribution in [0.5, 0.6) is 0 Å². The number of ether oxygens (including phenoxy) is 1. The molecule has 10 heteroatoms. The number of rotatable bonds is 7. The highest BCUT2D eigenvalue weighted by Gasteiger charge is 2.22. The number of sulfonamides is 1. The fourth-order valence-corrected chi connectivity index (χ4v) is 3.48. The molecule has 0 radical (unpaired) electrons. The van der Waals surface area contributed by atoms with Crippen LogP contribution in [0, 0.1) is 12.7 Å². The number of halogens is 2. The summed E-state index contributed by atoms with van der Waals surface area (Å²) in [7, 11) is -3.86. The molecule has 7 nitrogen and oxygen atoms in total. The summed E-state index contributed by atoms with van der Waals surface area (Å²) in [5.41, 5.74) is 1.30. The zero-order chi connectivity index (χ0) is 21.8. The van der Waals surface area contributed by atoms with Crippen molar-refractivity contribution in [2.24, 2.45) is 0 Å². The molecular weight excluding hydrogens is 423 g/mol. The van der Waals surface area contributed by atoms with Gasteiger partial charge in [-0.25, -0.2) is 17.6 Å². The van der Waals surface area contributed by atoms with Crippen LogP contribution in [0.15, 0.2) is 36.4 Å². The summed E-state index contributed by atoms with van der Waals surface area (Å²) in [5, 5.41) is 2.32. The first-order valence-electron chi connectivity index (χ1n) is 8.53. The van der Waals surface area contributed by atoms with Crippen LogP contribution in [0.3, 0.4) is 0 Å². The molecule has 0 spiro atoms. The molecule has 2 rings (SSSR count). The largest absolute Gasteiger partial charge is 0.462 e. The predicted molar refractivity (Wildman–Crippen MR) is 109 cm³/mol. The minimum atomic E-state index is -3.86. The maximum atomic E-state index is 13.4. The fraction of sp³-hybridized carbons (Fsp3) is 0.263. The zero-order valence-electron chi connectivity index (χ0n) is 16.0. The molecule has 2 aromatic rings. The topological polar surface area (TPSA) is 92.8 Å². The molecule has 2 aromatic carbocycles. The average Bonchev–Trinajstić information content (AvgIpc) is 2.63. The van der Waals surface area contributed by atoms with Crippen molar-refractivity contribution in [3.63, 3.8) is 0 Å². The maximum absolute atomic E-state index is 13.4. The average molecular weight is 443 g/mol. The number of benzene rings is 2. The molecule has 0 heterocycles. The second kappa shape index (κ2) is 9.23. The highest BCUT2D eigenvalue weighted by Crippen LogP contribution is 2.25. The molecule has 0 bridgehead atoms. The van der Waals surface area contributed by atoms with Gasteiger partial charge in [0.15, 0.2) is 0 Å². The highest BCUT2D eigenvalue weighted by atomic mass is 35.5. The monoisotopic (exact) mass is 442 g/mol. The molecule has 0 saturated carbocycles. The number of carbonyl (C=O) groups is 2. The second-order valence-corrected chi connectivity index (χ2v) is 8.48. The summed E-state index contributed by atoms with van der Waals surface area (Å²) in [4.78, 5) is 24.4. The van der Waals surface area contributed by atoms with E-state index in [1.165, 1.54) is 12.1 Å². The smallest absolute Gasteiger partial charge is 0.338 e. The molecule has 0 atom stereocenters. The van der Waals surface area contributed by atoms with Gasteiger partial charge < -0.3 is 10.1 Å². The third-order valence-corrected chi connectivity index (χ3v) is 5.33. The van der Waals surface area contributed by atoms with Crippen molar-refractivity contribution < 1.29 is 27.1 Å². The Morgan fingerprint density at radius 2 is 1.90 bits per heavy atom. The van der Waals surface area contributed by atoms with Crippen LogP contribution >= 0.6 is 11.6 Å². The molecule has 29 heavy (non-hydrogen) atoms. The number of hydrogen-bond acceptors (Lipinski definition) is 5. The Morgan fingerprint density at radius 1 is 1.21 bits per heavy atom. The Labute approximate surface area is 173 Å². The molecule has 156 valence electrons. The summed E-state index contributed by atoms with van der Waals surface area (Å²) >= 11 is 5.73. The fourth-order valence-electron chi connectivity index (χ4n) is 2.46. The number of hydrogen-bond donors (Lipinski definition) is 1. The second-order valence-electron chi connectivity index (χ2n) is 6.17. The summed E-state index contributed by atoms with van der Waals surface area (Å²) in [6.45, 7) is 3.04. The van der Waals surface area contributed by atoms with Crippen LogP contribution in [0.2, 0.25) is 5.02 Å². The van der Waals surface area contributed by atoms with Crippen molar-refractivity contribution in [1.82, 2.24) is 0 Å². The van der Waals surface area contributed by atoms with Crippen molar-refractivity contribution in [2.45, 2.75) is 13.8 Å². The van der Waals surface area contributed by atoms with E-state index in [0.717, 1.165) is 22.7 Å². The third-order valence-electron chi connectivity index (χ3n) is 3.90. The van der Waals surface area contributed by atoms with Gasteiger partial charge in [-0.1, -0.05) is 17.7 Å². The minimum Gasteiger partial charge on any atom is -0.462 e. The molecule has 0 aliphatic heterocycles. The number of aryl methyl sites for hydroxylation is 1. The van der Waals surface area contributed by atoms with Gasteiger partial charge >= 0.3 is 5.97 Å². The van der Waals surface area contributed by atoms with Gasteiger partial charge in [-0.05, 0) is 49.7 Å². The van der Waals surface area contributed by atoms with Crippen LogP contribution in [-0.2, 0) is 19.6 Å². The Kier molecular flexibility index (Phi) is 7.21. The number of nitrogens with zero attached hydrogens (tertiary/aromatic N) is 1. The van der Waals surface area contributed by atoms with Crippen LogP contribution in [-0.4, -0.2) is 39.7 Å². The predicted octanol–water partition coefficient (Wildman–Crippen LogP) is 3.37. The number of amides is 1. The van der Waals surface area contributed by atoms with Gasteiger partial charge in [-0.2, -0.15) is 0 Å². The van der Waals surface area contributed by atoms with Gasteiger partial charge in [0.05, 0.1) is 29.1 Å². The van der Waals surface area contributed by atoms with E-state index in [2.05, 4.69) is 5.32 Å². The van der Waals surface area contributed by atoms with Crippen molar-refractivity contribution >= 4 is 44.9 Å². The molecule has 0 unspecified atom stereocenters. The molecule has 0 fully saturated rings. The summed E-state index contributed by atoms with van der Waals surface area (Å²) in [6.07, 6.45) is 0.921. The standard InChI is InChI=1S/C19H20ClFN2O5S/c1-4-28-19(25)13-6-5-12(2)17(9-13)22-18(24)11-23(29(3,26)27)14-7-8-16(21)15(20)10-14/h5-10H,4,11H2,1-3H3,(H,22,24). The van der Waals surface area contributed by atoms with E-state index in [1.807, 2.05) is 0 Å². The van der Waals surface area contributed by atoms with Gasteiger partial charge in [0.25, 0.3) is 0 Å². The van der Waals surface area contributed by atoms with Crippen LogP contribution < -0.4 is 9.62 Å². The molecule has 0 aromatic heterocycles. The Bertz CT molecular complexity index is 1040. The van der Waals surface area contributed by atoms with E-state index in [0.29, 0.717) is 11.3 Å². The van der Waals surface area contributed by atoms with E-state index in [1.54, 1.807) is 26.0 Å². The van der Waals surface area contributed by atoms with Crippen molar-refractivity contribution in [3.8, 4) is 0 Å². The quantitative estimate of drug-likeness (QED) is 0.663. The number of nitrogens with one attached hydrogen (secondary N) is 1.